The second-order valence-electron chi connectivity index (χ2n) is 2.94. The lowest BCUT2D eigenvalue weighted by Crippen LogP contribution is -2.33. The summed E-state index contributed by atoms with van der Waals surface area (Å²) < 4.78 is 1.67. The fraction of sp³-hybridized carbons (Fsp3) is 0.500. The van der Waals surface area contributed by atoms with Crippen molar-refractivity contribution in [1.82, 2.24) is 14.9 Å². The molecule has 0 aromatic carbocycles. The average molecular weight is 198 g/mol. The third-order valence-electron chi connectivity index (χ3n) is 1.89. The van der Waals surface area contributed by atoms with Gasteiger partial charge in [0, 0.05) is 20.1 Å². The molecule has 0 spiro atoms. The number of carboxylic acid groups (broad SMARTS) is 1. The summed E-state index contributed by atoms with van der Waals surface area (Å²) in [7, 11) is 1.75. The number of nitrogens with one attached hydrogen (secondary N) is 1. The van der Waals surface area contributed by atoms with Crippen LogP contribution in [-0.2, 0) is 11.8 Å². The largest absolute Gasteiger partial charge is 0.480 e. The van der Waals surface area contributed by atoms with E-state index in [2.05, 4.69) is 10.3 Å². The molecule has 1 aromatic heterocycles. The molecule has 0 aliphatic heterocycles. The topological polar surface area (TPSA) is 93.2 Å². The van der Waals surface area contributed by atoms with E-state index in [1.54, 1.807) is 17.9 Å². The summed E-state index contributed by atoms with van der Waals surface area (Å²) >= 11 is 0. The standard InChI is InChI=1S/C8H14N4O2/c1-12-5-10-4-6(12)7(8(13)14)11-3-2-9/h4-5,7,11H,2-3,9H2,1H3,(H,13,14). The number of rotatable bonds is 5. The van der Waals surface area contributed by atoms with Gasteiger partial charge in [0.2, 0.25) is 0 Å². The minimum Gasteiger partial charge on any atom is -0.480 e. The van der Waals surface area contributed by atoms with Gasteiger partial charge in [0.1, 0.15) is 6.04 Å². The van der Waals surface area contributed by atoms with E-state index in [9.17, 15) is 4.79 Å². The third kappa shape index (κ3) is 2.30. The van der Waals surface area contributed by atoms with Crippen molar-refractivity contribution in [2.45, 2.75) is 6.04 Å². The number of imidazole rings is 1. The Hall–Kier alpha value is -1.40. The highest BCUT2D eigenvalue weighted by atomic mass is 16.4. The van der Waals surface area contributed by atoms with Gasteiger partial charge in [-0.1, -0.05) is 0 Å². The number of aryl methyl sites for hydroxylation is 1. The van der Waals surface area contributed by atoms with Gasteiger partial charge < -0.3 is 15.4 Å². The van der Waals surface area contributed by atoms with Crippen LogP contribution in [0.25, 0.3) is 0 Å². The van der Waals surface area contributed by atoms with Crippen molar-refractivity contribution < 1.29 is 9.90 Å². The Bertz CT molecular complexity index is 310. The van der Waals surface area contributed by atoms with E-state index in [4.69, 9.17) is 10.8 Å². The van der Waals surface area contributed by atoms with Gasteiger partial charge in [-0.25, -0.2) is 4.98 Å². The average Bonchev–Trinajstić information content (AvgIpc) is 2.52. The molecule has 0 radical (unpaired) electrons. The summed E-state index contributed by atoms with van der Waals surface area (Å²) in [6.45, 7) is 0.865. The van der Waals surface area contributed by atoms with Crippen LogP contribution < -0.4 is 11.1 Å². The molecule has 14 heavy (non-hydrogen) atoms. The number of nitrogens with two attached hydrogens (primary N) is 1. The molecule has 0 amide bonds. The predicted octanol–water partition coefficient (Wildman–Crippen LogP) is -0.906. The Morgan fingerprint density at radius 1 is 1.86 bits per heavy atom. The quantitative estimate of drug-likeness (QED) is 0.569. The van der Waals surface area contributed by atoms with E-state index < -0.39 is 12.0 Å². The van der Waals surface area contributed by atoms with E-state index in [1.807, 2.05) is 0 Å². The van der Waals surface area contributed by atoms with E-state index in [1.165, 1.54) is 6.20 Å². The first-order valence-electron chi connectivity index (χ1n) is 4.29. The monoisotopic (exact) mass is 198 g/mol. The van der Waals surface area contributed by atoms with Crippen LogP contribution >= 0.6 is 0 Å². The summed E-state index contributed by atoms with van der Waals surface area (Å²) in [5, 5.41) is 11.8. The number of carboxylic acids is 1. The molecule has 0 aliphatic rings. The molecule has 1 unspecified atom stereocenters. The molecule has 6 nitrogen and oxygen atoms in total. The number of nitrogens with zero attached hydrogens (tertiary/aromatic N) is 2. The van der Waals surface area contributed by atoms with Crippen molar-refractivity contribution in [2.75, 3.05) is 13.1 Å². The van der Waals surface area contributed by atoms with Gasteiger partial charge in [0.25, 0.3) is 0 Å². The molecule has 6 heteroatoms. The number of hydrogen-bond acceptors (Lipinski definition) is 4. The highest BCUT2D eigenvalue weighted by molar-refractivity contribution is 5.74. The SMILES string of the molecule is Cn1cncc1C(NCCN)C(=O)O. The molecule has 1 heterocycles. The summed E-state index contributed by atoms with van der Waals surface area (Å²) in [6.07, 6.45) is 3.09. The van der Waals surface area contributed by atoms with Gasteiger partial charge in [-0.2, -0.15) is 0 Å². The summed E-state index contributed by atoms with van der Waals surface area (Å²) in [5.74, 6) is -0.929. The van der Waals surface area contributed by atoms with Gasteiger partial charge in [-0.15, -0.1) is 0 Å². The molecule has 1 rings (SSSR count). The molecule has 78 valence electrons. The minimum absolute atomic E-state index is 0.404. The minimum atomic E-state index is -0.929. The van der Waals surface area contributed by atoms with Gasteiger partial charge in [0.15, 0.2) is 0 Å². The van der Waals surface area contributed by atoms with Gasteiger partial charge in [0.05, 0.1) is 18.2 Å². The van der Waals surface area contributed by atoms with Gasteiger partial charge in [-0.05, 0) is 0 Å². The van der Waals surface area contributed by atoms with Crippen LogP contribution in [0.15, 0.2) is 12.5 Å². The molecule has 0 bridgehead atoms. The van der Waals surface area contributed by atoms with Crippen LogP contribution in [0.5, 0.6) is 0 Å². The molecule has 4 N–H and O–H groups in total. The second-order valence-corrected chi connectivity index (χ2v) is 2.94. The van der Waals surface area contributed by atoms with Crippen LogP contribution in [-0.4, -0.2) is 33.7 Å². The maximum Gasteiger partial charge on any atom is 0.326 e. The Morgan fingerprint density at radius 2 is 2.57 bits per heavy atom. The smallest absolute Gasteiger partial charge is 0.326 e. The molecular weight excluding hydrogens is 184 g/mol. The van der Waals surface area contributed by atoms with E-state index in [-0.39, 0.29) is 0 Å². The van der Waals surface area contributed by atoms with Crippen molar-refractivity contribution in [2.24, 2.45) is 12.8 Å². The van der Waals surface area contributed by atoms with Crippen LogP contribution in [0, 0.1) is 0 Å². The maximum absolute atomic E-state index is 10.9. The summed E-state index contributed by atoms with van der Waals surface area (Å²) in [5.41, 5.74) is 5.91. The van der Waals surface area contributed by atoms with Crippen LogP contribution in [0.4, 0.5) is 0 Å². The first-order valence-corrected chi connectivity index (χ1v) is 4.29. The van der Waals surface area contributed by atoms with Gasteiger partial charge >= 0.3 is 5.97 Å². The third-order valence-corrected chi connectivity index (χ3v) is 1.89. The second kappa shape index (κ2) is 4.73. The number of aliphatic carboxylic acids is 1. The zero-order valence-corrected chi connectivity index (χ0v) is 7.97. The van der Waals surface area contributed by atoms with Gasteiger partial charge in [-0.3, -0.25) is 10.1 Å². The fourth-order valence-electron chi connectivity index (χ4n) is 1.19. The maximum atomic E-state index is 10.9. The Labute approximate surface area is 81.7 Å². The number of carbonyl (C=O) groups is 1. The first-order chi connectivity index (χ1) is 6.66. The Kier molecular flexibility index (Phi) is 3.61. The number of aromatic nitrogens is 2. The summed E-state index contributed by atoms with van der Waals surface area (Å²) in [4.78, 5) is 14.8. The normalized spacial score (nSPS) is 12.7. The van der Waals surface area contributed by atoms with Crippen LogP contribution in [0.1, 0.15) is 11.7 Å². The van der Waals surface area contributed by atoms with Crippen molar-refractivity contribution >= 4 is 5.97 Å². The lowest BCUT2D eigenvalue weighted by Gasteiger charge is -2.13. The van der Waals surface area contributed by atoms with Crippen molar-refractivity contribution in [3.8, 4) is 0 Å². The Balaban J connectivity index is 2.78. The lowest BCUT2D eigenvalue weighted by atomic mass is 10.2. The molecule has 0 saturated carbocycles. The highest BCUT2D eigenvalue weighted by Crippen LogP contribution is 2.10. The van der Waals surface area contributed by atoms with E-state index in [0.717, 1.165) is 0 Å². The molecule has 1 aromatic rings. The molecule has 1 atom stereocenters. The molecular formula is C8H14N4O2. The van der Waals surface area contributed by atoms with Crippen molar-refractivity contribution in [1.29, 1.82) is 0 Å². The van der Waals surface area contributed by atoms with Crippen molar-refractivity contribution in [3.05, 3.63) is 18.2 Å². The number of hydrogen-bond donors (Lipinski definition) is 3. The van der Waals surface area contributed by atoms with Crippen LogP contribution in [0.3, 0.4) is 0 Å². The van der Waals surface area contributed by atoms with Crippen molar-refractivity contribution in [3.63, 3.8) is 0 Å². The zero-order valence-electron chi connectivity index (χ0n) is 7.97. The van der Waals surface area contributed by atoms with E-state index >= 15 is 0 Å². The fourth-order valence-corrected chi connectivity index (χ4v) is 1.19. The molecule has 0 saturated heterocycles. The Morgan fingerprint density at radius 3 is 3.00 bits per heavy atom. The predicted molar refractivity (Wildman–Crippen MR) is 50.6 cm³/mol. The van der Waals surface area contributed by atoms with Crippen LogP contribution in [0.2, 0.25) is 0 Å². The highest BCUT2D eigenvalue weighted by Gasteiger charge is 2.21. The molecule has 0 aliphatic carbocycles. The first kappa shape index (κ1) is 10.7. The lowest BCUT2D eigenvalue weighted by molar-refractivity contribution is -0.139. The molecule has 0 fully saturated rings. The zero-order chi connectivity index (χ0) is 10.6. The van der Waals surface area contributed by atoms with E-state index in [0.29, 0.717) is 18.8 Å². The summed E-state index contributed by atoms with van der Waals surface area (Å²) in [6, 6.07) is -0.744.